The molecule has 0 N–H and O–H groups in total. The molecular weight excluding hydrogens is 334 g/mol. The number of para-hydroxylation sites is 1. The summed E-state index contributed by atoms with van der Waals surface area (Å²) in [5.41, 5.74) is 3.48. The fraction of sp³-hybridized carbons (Fsp3) is 0.318. The van der Waals surface area contributed by atoms with E-state index in [0.717, 1.165) is 42.3 Å². The summed E-state index contributed by atoms with van der Waals surface area (Å²) in [6.45, 7) is 3.00. The highest BCUT2D eigenvalue weighted by Gasteiger charge is 2.52. The van der Waals surface area contributed by atoms with Crippen LogP contribution < -0.4 is 4.90 Å². The first-order chi connectivity index (χ1) is 13.2. The van der Waals surface area contributed by atoms with Crippen LogP contribution in [0.4, 0.5) is 5.82 Å². The zero-order chi connectivity index (χ0) is 18.4. The standard InChI is InChI=1S/C22H21N5/c1-16-18-14-22(15-23,19-10-5-6-12-24-19)20-11-7-13-26(20)21(18)27(25-16)17-8-3-2-4-9-17/h2-6,8-10,12,20H,7,11,13-14H2,1H3/t20-,22+/m1/s1. The van der Waals surface area contributed by atoms with Crippen molar-refractivity contribution in [3.05, 3.63) is 71.7 Å². The predicted octanol–water partition coefficient (Wildman–Crippen LogP) is 3.56. The molecule has 5 rings (SSSR count). The van der Waals surface area contributed by atoms with Crippen molar-refractivity contribution in [2.45, 2.75) is 37.6 Å². The number of hydrogen-bond donors (Lipinski definition) is 0. The second-order valence-electron chi connectivity index (χ2n) is 7.46. The van der Waals surface area contributed by atoms with Crippen molar-refractivity contribution in [2.24, 2.45) is 0 Å². The second kappa shape index (κ2) is 5.95. The summed E-state index contributed by atoms with van der Waals surface area (Å²) in [5, 5.41) is 15.2. The summed E-state index contributed by atoms with van der Waals surface area (Å²) in [6.07, 6.45) is 4.54. The highest BCUT2D eigenvalue weighted by Crippen LogP contribution is 2.48. The number of nitriles is 1. The number of pyridine rings is 1. The molecule has 0 saturated carbocycles. The maximum atomic E-state index is 10.3. The van der Waals surface area contributed by atoms with Crippen LogP contribution in [0.15, 0.2) is 54.7 Å². The second-order valence-corrected chi connectivity index (χ2v) is 7.46. The Balaban J connectivity index is 1.73. The van der Waals surface area contributed by atoms with E-state index < -0.39 is 5.41 Å². The SMILES string of the molecule is Cc1nn(-c2ccccc2)c2c1C[C@](C#N)(c1ccccn1)[C@H]1CCCN21. The normalized spacial score (nSPS) is 23.6. The van der Waals surface area contributed by atoms with Gasteiger partial charge in [-0.1, -0.05) is 24.3 Å². The number of hydrogen-bond acceptors (Lipinski definition) is 4. The van der Waals surface area contributed by atoms with E-state index in [4.69, 9.17) is 5.10 Å². The topological polar surface area (TPSA) is 57.7 Å². The number of benzene rings is 1. The smallest absolute Gasteiger partial charge is 0.136 e. The Morgan fingerprint density at radius 2 is 1.96 bits per heavy atom. The van der Waals surface area contributed by atoms with E-state index in [0.29, 0.717) is 6.42 Å². The van der Waals surface area contributed by atoms with Gasteiger partial charge in [0.25, 0.3) is 0 Å². The first kappa shape index (κ1) is 16.1. The van der Waals surface area contributed by atoms with Gasteiger partial charge < -0.3 is 4.90 Å². The van der Waals surface area contributed by atoms with Gasteiger partial charge in [0.15, 0.2) is 0 Å². The monoisotopic (exact) mass is 355 g/mol. The summed E-state index contributed by atoms with van der Waals surface area (Å²) < 4.78 is 2.06. The molecule has 0 radical (unpaired) electrons. The quantitative estimate of drug-likeness (QED) is 0.705. The van der Waals surface area contributed by atoms with Crippen molar-refractivity contribution < 1.29 is 0 Å². The van der Waals surface area contributed by atoms with E-state index in [-0.39, 0.29) is 6.04 Å². The Morgan fingerprint density at radius 3 is 2.70 bits per heavy atom. The van der Waals surface area contributed by atoms with Crippen LogP contribution in [0, 0.1) is 18.3 Å². The molecule has 2 aromatic heterocycles. The van der Waals surface area contributed by atoms with Crippen molar-refractivity contribution >= 4 is 5.82 Å². The molecule has 0 unspecified atom stereocenters. The molecule has 1 aromatic carbocycles. The van der Waals surface area contributed by atoms with Gasteiger partial charge in [0.05, 0.1) is 29.2 Å². The van der Waals surface area contributed by atoms with Gasteiger partial charge >= 0.3 is 0 Å². The number of anilines is 1. The van der Waals surface area contributed by atoms with Gasteiger partial charge in [-0.3, -0.25) is 4.98 Å². The van der Waals surface area contributed by atoms with Crippen molar-refractivity contribution in [1.82, 2.24) is 14.8 Å². The summed E-state index contributed by atoms with van der Waals surface area (Å²) in [6, 6.07) is 19.0. The lowest BCUT2D eigenvalue weighted by Crippen LogP contribution is -2.52. The molecule has 0 spiro atoms. The van der Waals surface area contributed by atoms with E-state index >= 15 is 0 Å². The minimum Gasteiger partial charge on any atom is -0.351 e. The average molecular weight is 355 g/mol. The third kappa shape index (κ3) is 2.23. The predicted molar refractivity (Wildman–Crippen MR) is 104 cm³/mol. The maximum Gasteiger partial charge on any atom is 0.136 e. The zero-order valence-corrected chi connectivity index (χ0v) is 15.3. The number of aryl methyl sites for hydroxylation is 1. The molecule has 1 fully saturated rings. The van der Waals surface area contributed by atoms with Crippen LogP contribution >= 0.6 is 0 Å². The summed E-state index contributed by atoms with van der Waals surface area (Å²) in [4.78, 5) is 7.00. The van der Waals surface area contributed by atoms with Gasteiger partial charge in [0.2, 0.25) is 0 Å². The minimum absolute atomic E-state index is 0.128. The lowest BCUT2D eigenvalue weighted by atomic mass is 9.70. The first-order valence-corrected chi connectivity index (χ1v) is 9.48. The third-order valence-electron chi connectivity index (χ3n) is 6.03. The fourth-order valence-corrected chi connectivity index (χ4v) is 4.79. The van der Waals surface area contributed by atoms with E-state index in [1.807, 2.05) is 36.4 Å². The average Bonchev–Trinajstić information content (AvgIpc) is 3.34. The lowest BCUT2D eigenvalue weighted by Gasteiger charge is -2.43. The van der Waals surface area contributed by atoms with Gasteiger partial charge in [-0.05, 0) is 44.0 Å². The number of rotatable bonds is 2. The lowest BCUT2D eigenvalue weighted by molar-refractivity contribution is 0.397. The van der Waals surface area contributed by atoms with E-state index in [9.17, 15) is 5.26 Å². The molecular formula is C22H21N5. The fourth-order valence-electron chi connectivity index (χ4n) is 4.79. The molecule has 5 nitrogen and oxygen atoms in total. The van der Waals surface area contributed by atoms with Gasteiger partial charge in [0.1, 0.15) is 11.2 Å². The molecule has 5 heteroatoms. The third-order valence-corrected chi connectivity index (χ3v) is 6.03. The van der Waals surface area contributed by atoms with E-state index in [1.54, 1.807) is 6.20 Å². The van der Waals surface area contributed by atoms with E-state index in [2.05, 4.69) is 39.7 Å². The summed E-state index contributed by atoms with van der Waals surface area (Å²) in [7, 11) is 0. The van der Waals surface area contributed by atoms with Crippen LogP contribution in [-0.4, -0.2) is 27.4 Å². The Bertz CT molecular complexity index is 1020. The molecule has 134 valence electrons. The molecule has 0 aliphatic carbocycles. The molecule has 2 aliphatic rings. The molecule has 4 heterocycles. The van der Waals surface area contributed by atoms with Crippen LogP contribution in [0.2, 0.25) is 0 Å². The Hall–Kier alpha value is -3.13. The first-order valence-electron chi connectivity index (χ1n) is 9.48. The molecule has 0 amide bonds. The van der Waals surface area contributed by atoms with Gasteiger partial charge in [-0.15, -0.1) is 0 Å². The van der Waals surface area contributed by atoms with Crippen LogP contribution in [0.25, 0.3) is 5.69 Å². The molecule has 2 atom stereocenters. The van der Waals surface area contributed by atoms with Gasteiger partial charge in [-0.2, -0.15) is 10.4 Å². The van der Waals surface area contributed by atoms with Crippen LogP contribution in [0.3, 0.4) is 0 Å². The minimum atomic E-state index is -0.625. The maximum absolute atomic E-state index is 10.3. The van der Waals surface area contributed by atoms with Crippen LogP contribution in [0.1, 0.15) is 29.8 Å². The summed E-state index contributed by atoms with van der Waals surface area (Å²) >= 11 is 0. The molecule has 2 aliphatic heterocycles. The highest BCUT2D eigenvalue weighted by atomic mass is 15.4. The summed E-state index contributed by atoms with van der Waals surface area (Å²) in [5.74, 6) is 1.16. The molecule has 0 bridgehead atoms. The van der Waals surface area contributed by atoms with Crippen molar-refractivity contribution in [3.8, 4) is 11.8 Å². The van der Waals surface area contributed by atoms with Crippen LogP contribution in [0.5, 0.6) is 0 Å². The van der Waals surface area contributed by atoms with Gasteiger partial charge in [-0.25, -0.2) is 4.68 Å². The molecule has 27 heavy (non-hydrogen) atoms. The molecule has 3 aromatic rings. The number of nitrogens with zero attached hydrogens (tertiary/aromatic N) is 5. The number of fused-ring (bicyclic) bond motifs is 3. The zero-order valence-electron chi connectivity index (χ0n) is 15.3. The Morgan fingerprint density at radius 1 is 1.15 bits per heavy atom. The van der Waals surface area contributed by atoms with E-state index in [1.165, 1.54) is 5.56 Å². The Labute approximate surface area is 158 Å². The van der Waals surface area contributed by atoms with Crippen LogP contribution in [-0.2, 0) is 11.8 Å². The van der Waals surface area contributed by atoms with Crippen molar-refractivity contribution in [1.29, 1.82) is 5.26 Å². The van der Waals surface area contributed by atoms with Gasteiger partial charge in [0, 0.05) is 24.7 Å². The largest absolute Gasteiger partial charge is 0.351 e. The van der Waals surface area contributed by atoms with Crippen molar-refractivity contribution in [3.63, 3.8) is 0 Å². The Kier molecular flexibility index (Phi) is 3.54. The number of aromatic nitrogens is 3. The molecule has 1 saturated heterocycles. The highest BCUT2D eigenvalue weighted by molar-refractivity contribution is 5.62. The van der Waals surface area contributed by atoms with Crippen molar-refractivity contribution in [2.75, 3.05) is 11.4 Å².